The highest BCUT2D eigenvalue weighted by Gasteiger charge is 2.39. The van der Waals surface area contributed by atoms with Crippen LogP contribution in [0.1, 0.15) is 44.1 Å². The molecule has 0 aliphatic heterocycles. The summed E-state index contributed by atoms with van der Waals surface area (Å²) in [5.74, 6) is -0.437. The van der Waals surface area contributed by atoms with Crippen LogP contribution in [-0.2, 0) is 4.79 Å². The number of hydrogen-bond donors (Lipinski definition) is 0. The Kier molecular flexibility index (Phi) is 6.73. The van der Waals surface area contributed by atoms with Gasteiger partial charge in [-0.3, -0.25) is 4.79 Å². The van der Waals surface area contributed by atoms with E-state index in [4.69, 9.17) is 46.4 Å². The number of azo groups is 1. The Balaban J connectivity index is 2.18. The minimum absolute atomic E-state index is 0.157. The van der Waals surface area contributed by atoms with E-state index in [9.17, 15) is 4.79 Å². The lowest BCUT2D eigenvalue weighted by molar-refractivity contribution is -0.123. The van der Waals surface area contributed by atoms with Crippen LogP contribution in [0.3, 0.4) is 0 Å². The maximum atomic E-state index is 12.5. The zero-order chi connectivity index (χ0) is 17.0. The van der Waals surface area contributed by atoms with Crippen LogP contribution in [0, 0.1) is 12.8 Å². The van der Waals surface area contributed by atoms with E-state index in [2.05, 4.69) is 10.2 Å². The molecule has 0 N–H and O–H groups in total. The Morgan fingerprint density at radius 1 is 1.13 bits per heavy atom. The Bertz CT molecular complexity index is 608. The van der Waals surface area contributed by atoms with E-state index in [1.807, 2.05) is 0 Å². The molecule has 1 aromatic rings. The number of ketones is 1. The lowest BCUT2D eigenvalue weighted by Crippen LogP contribution is -2.30. The van der Waals surface area contributed by atoms with Crippen LogP contribution >= 0.6 is 46.4 Å². The SMILES string of the molecule is Cc1c(Cl)cc(Cl)cc1N=NC(Cl)(Cl)C(=O)C1CCCCCC1. The van der Waals surface area contributed by atoms with E-state index in [0.717, 1.165) is 38.5 Å². The highest BCUT2D eigenvalue weighted by Crippen LogP contribution is 2.36. The molecule has 1 aliphatic carbocycles. The van der Waals surface area contributed by atoms with Gasteiger partial charge >= 0.3 is 0 Å². The van der Waals surface area contributed by atoms with Crippen LogP contribution in [0.15, 0.2) is 22.4 Å². The van der Waals surface area contributed by atoms with E-state index in [0.29, 0.717) is 21.3 Å². The molecule has 3 nitrogen and oxygen atoms in total. The molecule has 1 saturated carbocycles. The molecule has 0 heterocycles. The van der Waals surface area contributed by atoms with Crippen molar-refractivity contribution in [1.29, 1.82) is 0 Å². The number of rotatable bonds is 4. The van der Waals surface area contributed by atoms with Crippen LogP contribution in [0.25, 0.3) is 0 Å². The van der Waals surface area contributed by atoms with Crippen molar-refractivity contribution in [2.75, 3.05) is 0 Å². The molecular formula is C16H18Cl4N2O. The van der Waals surface area contributed by atoms with Crippen LogP contribution in [-0.4, -0.2) is 10.2 Å². The summed E-state index contributed by atoms with van der Waals surface area (Å²) in [6, 6.07) is 3.22. The molecule has 1 aromatic carbocycles. The second kappa shape index (κ2) is 8.15. The van der Waals surface area contributed by atoms with Crippen molar-refractivity contribution in [3.63, 3.8) is 0 Å². The molecule has 0 radical (unpaired) electrons. The molecule has 23 heavy (non-hydrogen) atoms. The number of carbonyl (C=O) groups excluding carboxylic acids is 1. The van der Waals surface area contributed by atoms with Gasteiger partial charge in [-0.05, 0) is 37.5 Å². The Morgan fingerprint density at radius 2 is 1.74 bits per heavy atom. The third-order valence-electron chi connectivity index (χ3n) is 4.09. The van der Waals surface area contributed by atoms with Gasteiger partial charge in [0.1, 0.15) is 0 Å². The summed E-state index contributed by atoms with van der Waals surface area (Å²) in [6.07, 6.45) is 5.92. The third-order valence-corrected chi connectivity index (χ3v) is 5.22. The zero-order valence-electron chi connectivity index (χ0n) is 12.8. The number of nitrogens with zero attached hydrogens (tertiary/aromatic N) is 2. The molecule has 2 rings (SSSR count). The van der Waals surface area contributed by atoms with Crippen LogP contribution in [0.5, 0.6) is 0 Å². The number of hydrogen-bond acceptors (Lipinski definition) is 3. The van der Waals surface area contributed by atoms with Crippen molar-refractivity contribution < 1.29 is 4.79 Å². The van der Waals surface area contributed by atoms with Crippen molar-refractivity contribution in [3.05, 3.63) is 27.7 Å². The molecule has 0 aromatic heterocycles. The van der Waals surface area contributed by atoms with Crippen molar-refractivity contribution in [1.82, 2.24) is 0 Å². The average molecular weight is 396 g/mol. The van der Waals surface area contributed by atoms with Gasteiger partial charge in [-0.25, -0.2) is 0 Å². The van der Waals surface area contributed by atoms with Gasteiger partial charge in [-0.2, -0.15) is 5.11 Å². The molecule has 0 unspecified atom stereocenters. The van der Waals surface area contributed by atoms with Crippen molar-refractivity contribution in [3.8, 4) is 0 Å². The number of benzene rings is 1. The van der Waals surface area contributed by atoms with E-state index < -0.39 is 4.46 Å². The van der Waals surface area contributed by atoms with Crippen molar-refractivity contribution in [2.24, 2.45) is 16.1 Å². The molecule has 0 saturated heterocycles. The number of alkyl halides is 2. The number of halogens is 4. The highest BCUT2D eigenvalue weighted by molar-refractivity contribution is 6.58. The fourth-order valence-electron chi connectivity index (χ4n) is 2.69. The molecule has 126 valence electrons. The first-order valence-electron chi connectivity index (χ1n) is 7.62. The van der Waals surface area contributed by atoms with Gasteiger partial charge in [-0.15, -0.1) is 5.11 Å². The second-order valence-corrected chi connectivity index (χ2v) is 7.96. The Morgan fingerprint density at radius 3 is 2.35 bits per heavy atom. The topological polar surface area (TPSA) is 41.8 Å². The van der Waals surface area contributed by atoms with E-state index in [1.165, 1.54) is 0 Å². The molecule has 1 aliphatic rings. The second-order valence-electron chi connectivity index (χ2n) is 5.83. The summed E-state index contributed by atoms with van der Waals surface area (Å²) in [5, 5.41) is 8.77. The minimum Gasteiger partial charge on any atom is -0.294 e. The predicted octanol–water partition coefficient (Wildman–Crippen LogP) is 7.06. The van der Waals surface area contributed by atoms with Gasteiger partial charge in [0.25, 0.3) is 4.46 Å². The first-order valence-corrected chi connectivity index (χ1v) is 9.13. The molecule has 0 bridgehead atoms. The third kappa shape index (κ3) is 5.06. The van der Waals surface area contributed by atoms with Gasteiger partial charge in [0.15, 0.2) is 5.78 Å². The van der Waals surface area contributed by atoms with Gasteiger partial charge in [0.05, 0.1) is 5.69 Å². The molecule has 0 spiro atoms. The Hall–Kier alpha value is -0.350. The lowest BCUT2D eigenvalue weighted by atomic mass is 9.95. The minimum atomic E-state index is -1.88. The monoisotopic (exact) mass is 394 g/mol. The van der Waals surface area contributed by atoms with Gasteiger partial charge in [-0.1, -0.05) is 72.1 Å². The summed E-state index contributed by atoms with van der Waals surface area (Å²) in [4.78, 5) is 12.5. The fraction of sp³-hybridized carbons (Fsp3) is 0.562. The molecule has 1 fully saturated rings. The van der Waals surface area contributed by atoms with Crippen LogP contribution in [0.2, 0.25) is 10.0 Å². The molecular weight excluding hydrogens is 378 g/mol. The summed E-state index contributed by atoms with van der Waals surface area (Å²) in [7, 11) is 0. The van der Waals surface area contributed by atoms with E-state index in [1.54, 1.807) is 19.1 Å². The Labute approximate surface area is 156 Å². The first kappa shape index (κ1) is 19.0. The summed E-state index contributed by atoms with van der Waals surface area (Å²) >= 11 is 24.3. The van der Waals surface area contributed by atoms with Gasteiger partial charge in [0.2, 0.25) is 0 Å². The summed E-state index contributed by atoms with van der Waals surface area (Å²) in [5.41, 5.74) is 1.15. The largest absolute Gasteiger partial charge is 0.294 e. The maximum absolute atomic E-state index is 12.5. The number of Topliss-reactive ketones (excluding diaryl/α,β-unsaturated/α-hetero) is 1. The lowest BCUT2D eigenvalue weighted by Gasteiger charge is -2.19. The number of carbonyl (C=O) groups is 1. The van der Waals surface area contributed by atoms with Gasteiger partial charge < -0.3 is 0 Å². The van der Waals surface area contributed by atoms with Crippen LogP contribution < -0.4 is 0 Å². The normalized spacial score (nSPS) is 17.4. The van der Waals surface area contributed by atoms with Crippen molar-refractivity contribution >= 4 is 57.9 Å². The first-order chi connectivity index (χ1) is 10.8. The standard InChI is InChI=1S/C16H18Cl4N2O/c1-10-13(18)8-12(17)9-14(10)21-22-16(19,20)15(23)11-6-4-2-3-5-7-11/h8-9,11H,2-7H2,1H3. The summed E-state index contributed by atoms with van der Waals surface area (Å²) < 4.78 is -1.88. The predicted molar refractivity (Wildman–Crippen MR) is 96.4 cm³/mol. The zero-order valence-corrected chi connectivity index (χ0v) is 15.8. The fourth-order valence-corrected chi connectivity index (χ4v) is 3.56. The van der Waals surface area contributed by atoms with Crippen LogP contribution in [0.4, 0.5) is 5.69 Å². The van der Waals surface area contributed by atoms with Crippen molar-refractivity contribution in [2.45, 2.75) is 49.9 Å². The quantitative estimate of drug-likeness (QED) is 0.233. The highest BCUT2D eigenvalue weighted by atomic mass is 35.5. The molecule has 0 atom stereocenters. The molecule has 7 heteroatoms. The van der Waals surface area contributed by atoms with E-state index >= 15 is 0 Å². The summed E-state index contributed by atoms with van der Waals surface area (Å²) in [6.45, 7) is 1.78. The maximum Gasteiger partial charge on any atom is 0.286 e. The smallest absolute Gasteiger partial charge is 0.286 e. The van der Waals surface area contributed by atoms with Gasteiger partial charge in [0, 0.05) is 16.0 Å². The molecule has 0 amide bonds. The average Bonchev–Trinajstić information content (AvgIpc) is 2.77. The van der Waals surface area contributed by atoms with E-state index in [-0.39, 0.29) is 11.7 Å².